The minimum absolute atomic E-state index is 0.225. The topological polar surface area (TPSA) is 62.7 Å². The average molecular weight is 394 g/mol. The van der Waals surface area contributed by atoms with E-state index in [1.165, 1.54) is 12.1 Å². The molecule has 5 nitrogen and oxygen atoms in total. The SMILES string of the molecule is Cc1nc(NCc2cccnc2)cc(Nc2ccc(Cl)c(C(F)(F)F)c2)n1. The summed E-state index contributed by atoms with van der Waals surface area (Å²) in [6.45, 7) is 2.20. The number of halogens is 4. The maximum absolute atomic E-state index is 13.0. The summed E-state index contributed by atoms with van der Waals surface area (Å²) in [5, 5.41) is 5.65. The van der Waals surface area contributed by atoms with E-state index in [4.69, 9.17) is 11.6 Å². The third-order valence-corrected chi connectivity index (χ3v) is 3.91. The molecule has 0 bridgehead atoms. The number of hydrogen-bond donors (Lipinski definition) is 2. The van der Waals surface area contributed by atoms with Crippen LogP contribution in [0.15, 0.2) is 48.8 Å². The van der Waals surface area contributed by atoms with Crippen LogP contribution in [0.2, 0.25) is 5.02 Å². The van der Waals surface area contributed by atoms with Crippen molar-refractivity contribution in [3.63, 3.8) is 0 Å². The van der Waals surface area contributed by atoms with Crippen LogP contribution in [0.1, 0.15) is 17.0 Å². The van der Waals surface area contributed by atoms with E-state index in [1.807, 2.05) is 12.1 Å². The summed E-state index contributed by atoms with van der Waals surface area (Å²) in [5.74, 6) is 1.38. The number of rotatable bonds is 5. The summed E-state index contributed by atoms with van der Waals surface area (Å²) >= 11 is 5.65. The van der Waals surface area contributed by atoms with Crippen LogP contribution < -0.4 is 10.6 Å². The Morgan fingerprint density at radius 1 is 1.07 bits per heavy atom. The molecule has 0 atom stereocenters. The zero-order valence-corrected chi connectivity index (χ0v) is 14.9. The molecule has 3 aromatic rings. The van der Waals surface area contributed by atoms with Gasteiger partial charge in [0.15, 0.2) is 0 Å². The van der Waals surface area contributed by atoms with Crippen molar-refractivity contribution in [2.24, 2.45) is 0 Å². The summed E-state index contributed by atoms with van der Waals surface area (Å²) in [6.07, 6.45) is -1.12. The molecule has 2 N–H and O–H groups in total. The molecule has 140 valence electrons. The van der Waals surface area contributed by atoms with Crippen LogP contribution in [0.25, 0.3) is 0 Å². The Morgan fingerprint density at radius 2 is 1.85 bits per heavy atom. The Kier molecular flexibility index (Phi) is 5.46. The Hall–Kier alpha value is -2.87. The lowest BCUT2D eigenvalue weighted by Crippen LogP contribution is -2.07. The zero-order valence-electron chi connectivity index (χ0n) is 14.2. The van der Waals surface area contributed by atoms with E-state index in [2.05, 4.69) is 25.6 Å². The first-order chi connectivity index (χ1) is 12.8. The first kappa shape index (κ1) is 18.9. The van der Waals surface area contributed by atoms with Crippen LogP contribution in [-0.2, 0) is 12.7 Å². The number of aryl methyl sites for hydroxylation is 1. The Balaban J connectivity index is 1.78. The molecule has 0 unspecified atom stereocenters. The normalized spacial score (nSPS) is 11.3. The number of hydrogen-bond acceptors (Lipinski definition) is 5. The van der Waals surface area contributed by atoms with Crippen LogP contribution in [-0.4, -0.2) is 15.0 Å². The third-order valence-electron chi connectivity index (χ3n) is 3.58. The number of benzene rings is 1. The van der Waals surface area contributed by atoms with Gasteiger partial charge in [-0.25, -0.2) is 9.97 Å². The minimum Gasteiger partial charge on any atom is -0.366 e. The smallest absolute Gasteiger partial charge is 0.366 e. The first-order valence-corrected chi connectivity index (χ1v) is 8.31. The first-order valence-electron chi connectivity index (χ1n) is 7.93. The fraction of sp³-hybridized carbons (Fsp3) is 0.167. The molecule has 9 heteroatoms. The predicted octanol–water partition coefficient (Wildman–Crippen LogP) is 5.21. The summed E-state index contributed by atoms with van der Waals surface area (Å²) < 4.78 is 39.0. The Morgan fingerprint density at radius 3 is 2.56 bits per heavy atom. The van der Waals surface area contributed by atoms with E-state index in [0.717, 1.165) is 11.6 Å². The second-order valence-corrected chi connectivity index (χ2v) is 6.13. The van der Waals surface area contributed by atoms with E-state index in [1.54, 1.807) is 25.4 Å². The lowest BCUT2D eigenvalue weighted by molar-refractivity contribution is -0.137. The lowest BCUT2D eigenvalue weighted by Gasteiger charge is -2.13. The molecular weight excluding hydrogens is 379 g/mol. The highest BCUT2D eigenvalue weighted by Gasteiger charge is 2.33. The largest absolute Gasteiger partial charge is 0.417 e. The van der Waals surface area contributed by atoms with Crippen LogP contribution in [0.4, 0.5) is 30.5 Å². The third kappa shape index (κ3) is 5.07. The second kappa shape index (κ2) is 7.79. The molecule has 0 amide bonds. The van der Waals surface area contributed by atoms with Crippen molar-refractivity contribution in [3.05, 3.63) is 70.8 Å². The van der Waals surface area contributed by atoms with Crippen LogP contribution in [0.3, 0.4) is 0 Å². The quantitative estimate of drug-likeness (QED) is 0.623. The van der Waals surface area contributed by atoms with Gasteiger partial charge in [-0.3, -0.25) is 4.98 Å². The minimum atomic E-state index is -4.53. The number of pyridine rings is 1. The van der Waals surface area contributed by atoms with Crippen molar-refractivity contribution in [2.45, 2.75) is 19.6 Å². The van der Waals surface area contributed by atoms with E-state index in [9.17, 15) is 13.2 Å². The van der Waals surface area contributed by atoms with Gasteiger partial charge in [0.2, 0.25) is 0 Å². The van der Waals surface area contributed by atoms with Crippen LogP contribution in [0, 0.1) is 6.92 Å². The molecule has 3 rings (SSSR count). The fourth-order valence-corrected chi connectivity index (χ4v) is 2.61. The monoisotopic (exact) mass is 393 g/mol. The number of anilines is 3. The van der Waals surface area contributed by atoms with Gasteiger partial charge in [-0.05, 0) is 36.8 Å². The maximum atomic E-state index is 13.0. The van der Waals surface area contributed by atoms with E-state index in [-0.39, 0.29) is 10.7 Å². The molecular formula is C18H15ClF3N5. The van der Waals surface area contributed by atoms with Crippen molar-refractivity contribution in [1.82, 2.24) is 15.0 Å². The van der Waals surface area contributed by atoms with Crippen molar-refractivity contribution in [2.75, 3.05) is 10.6 Å². The highest BCUT2D eigenvalue weighted by atomic mass is 35.5. The van der Waals surface area contributed by atoms with Gasteiger partial charge in [0.05, 0.1) is 10.6 Å². The van der Waals surface area contributed by atoms with Crippen molar-refractivity contribution >= 4 is 28.9 Å². The van der Waals surface area contributed by atoms with Gasteiger partial charge in [0.1, 0.15) is 17.5 Å². The highest BCUT2D eigenvalue weighted by Crippen LogP contribution is 2.36. The summed E-state index contributed by atoms with van der Waals surface area (Å²) in [4.78, 5) is 12.5. The molecule has 0 saturated heterocycles. The Labute approximate surface area is 158 Å². The van der Waals surface area contributed by atoms with Gasteiger partial charge in [-0.1, -0.05) is 17.7 Å². The molecule has 0 aliphatic carbocycles. The molecule has 27 heavy (non-hydrogen) atoms. The van der Waals surface area contributed by atoms with Crippen LogP contribution in [0.5, 0.6) is 0 Å². The van der Waals surface area contributed by atoms with Crippen molar-refractivity contribution in [1.29, 1.82) is 0 Å². The molecule has 0 fully saturated rings. The van der Waals surface area contributed by atoms with Gasteiger partial charge in [0.25, 0.3) is 0 Å². The summed E-state index contributed by atoms with van der Waals surface area (Å²) in [6, 6.07) is 8.96. The molecule has 1 aromatic carbocycles. The Bertz CT molecular complexity index is 932. The number of nitrogens with one attached hydrogen (secondary N) is 2. The van der Waals surface area contributed by atoms with Gasteiger partial charge < -0.3 is 10.6 Å². The highest BCUT2D eigenvalue weighted by molar-refractivity contribution is 6.31. The summed E-state index contributed by atoms with van der Waals surface area (Å²) in [5.41, 5.74) is 0.286. The van der Waals surface area contributed by atoms with Gasteiger partial charge in [-0.15, -0.1) is 0 Å². The van der Waals surface area contributed by atoms with E-state index in [0.29, 0.717) is 24.0 Å². The van der Waals surface area contributed by atoms with Crippen molar-refractivity contribution < 1.29 is 13.2 Å². The van der Waals surface area contributed by atoms with Crippen LogP contribution >= 0.6 is 11.6 Å². The molecule has 0 aliphatic heterocycles. The average Bonchev–Trinajstić information content (AvgIpc) is 2.61. The molecule has 2 heterocycles. The van der Waals surface area contributed by atoms with Gasteiger partial charge >= 0.3 is 6.18 Å². The molecule has 0 spiro atoms. The standard InChI is InChI=1S/C18H15ClF3N5/c1-11-25-16(24-10-12-3-2-6-23-9-12)8-17(26-11)27-13-4-5-15(19)14(7-13)18(20,21)22/h2-9H,10H2,1H3,(H2,24,25,26,27). The number of alkyl halides is 3. The zero-order chi connectivity index (χ0) is 19.4. The fourth-order valence-electron chi connectivity index (χ4n) is 2.39. The lowest BCUT2D eigenvalue weighted by atomic mass is 10.2. The van der Waals surface area contributed by atoms with E-state index < -0.39 is 11.7 Å². The summed E-state index contributed by atoms with van der Waals surface area (Å²) in [7, 11) is 0. The molecule has 0 aliphatic rings. The number of nitrogens with zero attached hydrogens (tertiary/aromatic N) is 3. The van der Waals surface area contributed by atoms with Gasteiger partial charge in [-0.2, -0.15) is 13.2 Å². The van der Waals surface area contributed by atoms with Crippen molar-refractivity contribution in [3.8, 4) is 0 Å². The molecule has 0 radical (unpaired) electrons. The second-order valence-electron chi connectivity index (χ2n) is 5.72. The van der Waals surface area contributed by atoms with Gasteiger partial charge in [0, 0.05) is 30.7 Å². The van der Waals surface area contributed by atoms with E-state index >= 15 is 0 Å². The molecule has 0 saturated carbocycles. The number of aromatic nitrogens is 3. The maximum Gasteiger partial charge on any atom is 0.417 e. The molecule has 2 aromatic heterocycles. The predicted molar refractivity (Wildman–Crippen MR) is 98.1 cm³/mol.